The number of hydrogen-bond donors (Lipinski definition) is 0. The van der Waals surface area contributed by atoms with E-state index in [-0.39, 0.29) is 24.9 Å². The number of methoxy groups -OCH3 is 1. The average Bonchev–Trinajstić information content (AvgIpc) is 3.49. The molecule has 2 fully saturated rings. The molecular formula is C25H28O6. The molecule has 3 heterocycles. The highest BCUT2D eigenvalue weighted by Crippen LogP contribution is 2.51. The van der Waals surface area contributed by atoms with Gasteiger partial charge in [0, 0.05) is 11.8 Å². The molecule has 0 aliphatic carbocycles. The standard InChI is InChI=1S/C25H28O6/c1-15(2)8-9-27-20-6-4-16(10-22(20)26-3)24-18-12-29-25(19(18)13-28-24)17-5-7-21-23(11-17)31-14-30-21/h4-8,10-11,18-19,24-25H,9,12-14H2,1-3H3/t18-,19-,24+,25+/m1/s1. The summed E-state index contributed by atoms with van der Waals surface area (Å²) in [5.74, 6) is 3.62. The first-order valence-corrected chi connectivity index (χ1v) is 10.7. The molecule has 0 radical (unpaired) electrons. The van der Waals surface area contributed by atoms with Crippen molar-refractivity contribution in [1.82, 2.24) is 0 Å². The summed E-state index contributed by atoms with van der Waals surface area (Å²) in [5, 5.41) is 0. The number of benzene rings is 2. The maximum absolute atomic E-state index is 6.26. The fourth-order valence-electron chi connectivity index (χ4n) is 4.60. The molecule has 2 saturated heterocycles. The minimum absolute atomic E-state index is 0.00178. The molecule has 2 aromatic rings. The fourth-order valence-corrected chi connectivity index (χ4v) is 4.60. The second kappa shape index (κ2) is 8.44. The third-order valence-corrected chi connectivity index (χ3v) is 6.24. The van der Waals surface area contributed by atoms with Gasteiger partial charge in [0.2, 0.25) is 6.79 Å². The number of ether oxygens (including phenoxy) is 6. The van der Waals surface area contributed by atoms with Gasteiger partial charge in [0.05, 0.1) is 32.5 Å². The van der Waals surface area contributed by atoms with Gasteiger partial charge in [-0.15, -0.1) is 0 Å². The molecule has 6 nitrogen and oxygen atoms in total. The first kappa shape index (κ1) is 20.2. The van der Waals surface area contributed by atoms with Crippen LogP contribution in [0.5, 0.6) is 23.0 Å². The second-order valence-corrected chi connectivity index (χ2v) is 8.45. The Morgan fingerprint density at radius 3 is 2.29 bits per heavy atom. The molecule has 3 aliphatic rings. The molecule has 0 aromatic heterocycles. The molecule has 0 saturated carbocycles. The summed E-state index contributed by atoms with van der Waals surface area (Å²) in [6.45, 7) is 6.23. The number of allylic oxidation sites excluding steroid dienone is 1. The summed E-state index contributed by atoms with van der Waals surface area (Å²) in [4.78, 5) is 0. The fraction of sp³-hybridized carbons (Fsp3) is 0.440. The van der Waals surface area contributed by atoms with Gasteiger partial charge in [-0.1, -0.05) is 17.7 Å². The summed E-state index contributed by atoms with van der Waals surface area (Å²) in [6.07, 6.45) is 2.02. The molecule has 0 N–H and O–H groups in total. The number of rotatable bonds is 6. The Morgan fingerprint density at radius 2 is 1.58 bits per heavy atom. The Hall–Kier alpha value is -2.70. The van der Waals surface area contributed by atoms with Gasteiger partial charge in [-0.25, -0.2) is 0 Å². The van der Waals surface area contributed by atoms with E-state index in [2.05, 4.69) is 26.0 Å². The molecule has 0 spiro atoms. The van der Waals surface area contributed by atoms with Crippen LogP contribution in [0.4, 0.5) is 0 Å². The third kappa shape index (κ3) is 3.86. The van der Waals surface area contributed by atoms with Gasteiger partial charge in [0.1, 0.15) is 6.61 Å². The van der Waals surface area contributed by atoms with Gasteiger partial charge >= 0.3 is 0 Å². The van der Waals surface area contributed by atoms with Gasteiger partial charge in [0.25, 0.3) is 0 Å². The van der Waals surface area contributed by atoms with Crippen molar-refractivity contribution in [1.29, 1.82) is 0 Å². The quantitative estimate of drug-likeness (QED) is 0.619. The zero-order valence-electron chi connectivity index (χ0n) is 18.1. The van der Waals surface area contributed by atoms with E-state index in [4.69, 9.17) is 28.4 Å². The SMILES string of the molecule is COc1cc([C@@H]2OC[C@@H]3[C@H]2CO[C@H]3c2ccc3c(c2)OCO3)ccc1OCC=C(C)C. The molecule has 6 heteroatoms. The summed E-state index contributed by atoms with van der Waals surface area (Å²) in [7, 11) is 1.67. The number of fused-ring (bicyclic) bond motifs is 2. The van der Waals surface area contributed by atoms with Gasteiger partial charge in [-0.2, -0.15) is 0 Å². The van der Waals surface area contributed by atoms with Crippen LogP contribution in [0.25, 0.3) is 0 Å². The minimum atomic E-state index is -0.0234. The van der Waals surface area contributed by atoms with Crippen LogP contribution in [-0.2, 0) is 9.47 Å². The normalized spacial score (nSPS) is 25.9. The lowest BCUT2D eigenvalue weighted by Crippen LogP contribution is -2.14. The summed E-state index contributed by atoms with van der Waals surface area (Å²) < 4.78 is 34.9. The van der Waals surface area contributed by atoms with Crippen LogP contribution in [-0.4, -0.2) is 33.7 Å². The van der Waals surface area contributed by atoms with Crippen LogP contribution < -0.4 is 18.9 Å². The summed E-state index contributed by atoms with van der Waals surface area (Å²) >= 11 is 0. The van der Waals surface area contributed by atoms with Crippen molar-refractivity contribution >= 4 is 0 Å². The van der Waals surface area contributed by atoms with Crippen molar-refractivity contribution in [3.8, 4) is 23.0 Å². The van der Waals surface area contributed by atoms with E-state index in [1.807, 2.05) is 30.3 Å². The molecule has 164 valence electrons. The van der Waals surface area contributed by atoms with Crippen molar-refractivity contribution in [2.75, 3.05) is 33.7 Å². The predicted octanol–water partition coefficient (Wildman–Crippen LogP) is 4.84. The molecule has 0 amide bonds. The molecule has 3 aliphatic heterocycles. The average molecular weight is 424 g/mol. The lowest BCUT2D eigenvalue weighted by Gasteiger charge is -2.18. The Morgan fingerprint density at radius 1 is 0.903 bits per heavy atom. The van der Waals surface area contributed by atoms with Gasteiger partial charge < -0.3 is 28.4 Å². The first-order chi connectivity index (χ1) is 15.1. The van der Waals surface area contributed by atoms with Crippen LogP contribution in [0, 0.1) is 11.8 Å². The largest absolute Gasteiger partial charge is 0.493 e. The van der Waals surface area contributed by atoms with Crippen LogP contribution in [0.15, 0.2) is 48.0 Å². The molecular weight excluding hydrogens is 396 g/mol. The number of hydrogen-bond acceptors (Lipinski definition) is 6. The van der Waals surface area contributed by atoms with E-state index < -0.39 is 0 Å². The van der Waals surface area contributed by atoms with Crippen molar-refractivity contribution in [3.05, 3.63) is 59.2 Å². The Bertz CT molecular complexity index is 980. The first-order valence-electron chi connectivity index (χ1n) is 10.7. The lowest BCUT2D eigenvalue weighted by atomic mass is 9.85. The van der Waals surface area contributed by atoms with Crippen LogP contribution >= 0.6 is 0 Å². The topological polar surface area (TPSA) is 55.4 Å². The second-order valence-electron chi connectivity index (χ2n) is 8.45. The summed E-state index contributed by atoms with van der Waals surface area (Å²) in [6, 6.07) is 12.1. The zero-order chi connectivity index (χ0) is 21.4. The van der Waals surface area contributed by atoms with E-state index in [0.717, 1.165) is 34.1 Å². The highest BCUT2D eigenvalue weighted by molar-refractivity contribution is 5.46. The minimum Gasteiger partial charge on any atom is -0.493 e. The van der Waals surface area contributed by atoms with Gasteiger partial charge in [0.15, 0.2) is 23.0 Å². The molecule has 4 atom stereocenters. The van der Waals surface area contributed by atoms with E-state index in [0.29, 0.717) is 25.7 Å². The molecule has 0 bridgehead atoms. The highest BCUT2D eigenvalue weighted by atomic mass is 16.7. The predicted molar refractivity (Wildman–Crippen MR) is 115 cm³/mol. The van der Waals surface area contributed by atoms with E-state index >= 15 is 0 Å². The van der Waals surface area contributed by atoms with Crippen LogP contribution in [0.1, 0.15) is 37.2 Å². The Labute approximate surface area is 182 Å². The van der Waals surface area contributed by atoms with Gasteiger partial charge in [-0.05, 0) is 55.3 Å². The molecule has 0 unspecified atom stereocenters. The van der Waals surface area contributed by atoms with Crippen LogP contribution in [0.2, 0.25) is 0 Å². The van der Waals surface area contributed by atoms with Gasteiger partial charge in [-0.3, -0.25) is 0 Å². The molecule has 31 heavy (non-hydrogen) atoms. The zero-order valence-corrected chi connectivity index (χ0v) is 18.1. The Kier molecular flexibility index (Phi) is 5.50. The summed E-state index contributed by atoms with van der Waals surface area (Å²) in [5.41, 5.74) is 3.43. The molecule has 2 aromatic carbocycles. The van der Waals surface area contributed by atoms with E-state index in [1.54, 1.807) is 7.11 Å². The monoisotopic (exact) mass is 424 g/mol. The van der Waals surface area contributed by atoms with Crippen LogP contribution in [0.3, 0.4) is 0 Å². The maximum Gasteiger partial charge on any atom is 0.231 e. The Balaban J connectivity index is 1.32. The van der Waals surface area contributed by atoms with Crippen molar-refractivity contribution in [2.45, 2.75) is 26.1 Å². The van der Waals surface area contributed by atoms with E-state index in [9.17, 15) is 0 Å². The third-order valence-electron chi connectivity index (χ3n) is 6.24. The van der Waals surface area contributed by atoms with Crippen molar-refractivity contribution < 1.29 is 28.4 Å². The lowest BCUT2D eigenvalue weighted by molar-refractivity contribution is 0.0191. The highest BCUT2D eigenvalue weighted by Gasteiger charge is 2.48. The van der Waals surface area contributed by atoms with Crippen molar-refractivity contribution in [3.63, 3.8) is 0 Å². The smallest absolute Gasteiger partial charge is 0.231 e. The van der Waals surface area contributed by atoms with E-state index in [1.165, 1.54) is 5.57 Å². The molecule has 5 rings (SSSR count). The maximum atomic E-state index is 6.26. The van der Waals surface area contributed by atoms with Crippen molar-refractivity contribution in [2.24, 2.45) is 11.8 Å².